The number of hydrogen-bond acceptors (Lipinski definition) is 5. The minimum Gasteiger partial charge on any atom is -0.406 e. The molecular formula is C22H20ClF4N5O. The lowest BCUT2D eigenvalue weighted by Crippen LogP contribution is -2.17. The second-order valence-corrected chi connectivity index (χ2v) is 7.12. The molecule has 11 heteroatoms. The first-order valence-corrected chi connectivity index (χ1v) is 9.86. The molecule has 33 heavy (non-hydrogen) atoms. The third-order valence-electron chi connectivity index (χ3n) is 4.69. The van der Waals surface area contributed by atoms with E-state index in [0.717, 1.165) is 12.1 Å². The number of hydrogen-bond donors (Lipinski definition) is 1. The van der Waals surface area contributed by atoms with Gasteiger partial charge in [-0.1, -0.05) is 13.3 Å². The molecule has 0 saturated heterocycles. The van der Waals surface area contributed by atoms with Crippen LogP contribution in [0.4, 0.5) is 29.1 Å². The smallest absolute Gasteiger partial charge is 0.406 e. The fourth-order valence-electron chi connectivity index (χ4n) is 3.34. The van der Waals surface area contributed by atoms with Gasteiger partial charge in [-0.05, 0) is 55.0 Å². The molecule has 4 rings (SSSR count). The maximum atomic E-state index is 13.4. The Hall–Kier alpha value is -3.40. The molecule has 0 aliphatic carbocycles. The first-order valence-electron chi connectivity index (χ1n) is 9.86. The summed E-state index contributed by atoms with van der Waals surface area (Å²) in [6.45, 7) is 2.03. The number of ether oxygens (including phenoxy) is 1. The van der Waals surface area contributed by atoms with E-state index < -0.39 is 6.36 Å². The molecule has 4 aromatic rings. The number of nitrogens with one attached hydrogen (secondary N) is 1. The molecule has 2 aromatic carbocycles. The maximum Gasteiger partial charge on any atom is 0.573 e. The molecule has 0 amide bonds. The van der Waals surface area contributed by atoms with Crippen LogP contribution < -0.4 is 10.1 Å². The van der Waals surface area contributed by atoms with Gasteiger partial charge in [-0.15, -0.1) is 25.6 Å². The summed E-state index contributed by atoms with van der Waals surface area (Å²) in [6.07, 6.45) is -3.19. The number of rotatable bonds is 6. The van der Waals surface area contributed by atoms with E-state index in [1.54, 1.807) is 23.9 Å². The molecular weight excluding hydrogens is 462 g/mol. The molecule has 0 radical (unpaired) electrons. The fraction of sp³-hybridized carbons (Fsp3) is 0.227. The molecule has 0 bridgehead atoms. The van der Waals surface area contributed by atoms with E-state index in [4.69, 9.17) is 0 Å². The van der Waals surface area contributed by atoms with Crippen LogP contribution in [-0.2, 0) is 13.5 Å². The number of aryl methyl sites for hydroxylation is 2. The van der Waals surface area contributed by atoms with E-state index in [0.29, 0.717) is 40.3 Å². The van der Waals surface area contributed by atoms with Crippen LogP contribution in [0.25, 0.3) is 22.4 Å². The molecule has 0 spiro atoms. The van der Waals surface area contributed by atoms with Crippen molar-refractivity contribution in [3.8, 4) is 17.1 Å². The minimum absolute atomic E-state index is 0. The summed E-state index contributed by atoms with van der Waals surface area (Å²) in [6, 6.07) is 11.1. The summed E-state index contributed by atoms with van der Waals surface area (Å²) in [5, 5.41) is 7.69. The SMILES string of the molecule is CCCc1nn(C)c2c(Nc3ccc(OC(F)(F)F)cc3)nc(-c3ccc(F)cc3)nc12.Cl. The van der Waals surface area contributed by atoms with Gasteiger partial charge in [0, 0.05) is 18.3 Å². The van der Waals surface area contributed by atoms with Crippen LogP contribution in [0, 0.1) is 5.82 Å². The molecule has 0 aliphatic heterocycles. The molecule has 2 aromatic heterocycles. The normalized spacial score (nSPS) is 11.3. The number of halogens is 5. The quantitative estimate of drug-likeness (QED) is 0.333. The zero-order chi connectivity index (χ0) is 22.9. The van der Waals surface area contributed by atoms with E-state index >= 15 is 0 Å². The summed E-state index contributed by atoms with van der Waals surface area (Å²) >= 11 is 0. The third-order valence-corrected chi connectivity index (χ3v) is 4.69. The van der Waals surface area contributed by atoms with Crippen molar-refractivity contribution in [2.24, 2.45) is 7.05 Å². The van der Waals surface area contributed by atoms with Crippen LogP contribution in [0.2, 0.25) is 0 Å². The van der Waals surface area contributed by atoms with Crippen LogP contribution in [0.3, 0.4) is 0 Å². The van der Waals surface area contributed by atoms with E-state index in [1.165, 1.54) is 36.4 Å². The second-order valence-electron chi connectivity index (χ2n) is 7.12. The van der Waals surface area contributed by atoms with Crippen LogP contribution >= 0.6 is 12.4 Å². The summed E-state index contributed by atoms with van der Waals surface area (Å²) in [5.74, 6) is 0.106. The number of anilines is 2. The molecule has 0 saturated carbocycles. The minimum atomic E-state index is -4.76. The van der Waals surface area contributed by atoms with Gasteiger partial charge < -0.3 is 10.1 Å². The zero-order valence-electron chi connectivity index (χ0n) is 17.7. The Morgan fingerprint density at radius 3 is 2.27 bits per heavy atom. The Balaban J connectivity index is 0.00000306. The summed E-state index contributed by atoms with van der Waals surface area (Å²) in [4.78, 5) is 9.26. The topological polar surface area (TPSA) is 64.9 Å². The van der Waals surface area contributed by atoms with Crippen molar-refractivity contribution in [1.29, 1.82) is 0 Å². The lowest BCUT2D eigenvalue weighted by atomic mass is 10.2. The molecule has 0 fully saturated rings. The molecule has 6 nitrogen and oxygen atoms in total. The number of aromatic nitrogens is 4. The predicted octanol–water partition coefficient (Wildman–Crippen LogP) is 6.19. The highest BCUT2D eigenvalue weighted by molar-refractivity contribution is 5.91. The van der Waals surface area contributed by atoms with E-state index in [2.05, 4.69) is 25.1 Å². The van der Waals surface area contributed by atoms with Gasteiger partial charge >= 0.3 is 6.36 Å². The Morgan fingerprint density at radius 2 is 1.67 bits per heavy atom. The van der Waals surface area contributed by atoms with Gasteiger partial charge in [0.1, 0.15) is 22.6 Å². The first-order chi connectivity index (χ1) is 15.2. The Bertz CT molecular complexity index is 1240. The van der Waals surface area contributed by atoms with Gasteiger partial charge in [0.05, 0.1) is 5.69 Å². The average molecular weight is 482 g/mol. The number of nitrogens with zero attached hydrogens (tertiary/aromatic N) is 4. The highest BCUT2D eigenvalue weighted by atomic mass is 35.5. The largest absolute Gasteiger partial charge is 0.573 e. The van der Waals surface area contributed by atoms with Crippen LogP contribution in [0.5, 0.6) is 5.75 Å². The lowest BCUT2D eigenvalue weighted by Gasteiger charge is -2.12. The van der Waals surface area contributed by atoms with Crippen molar-refractivity contribution >= 4 is 34.9 Å². The Kier molecular flexibility index (Phi) is 7.06. The number of benzene rings is 2. The lowest BCUT2D eigenvalue weighted by molar-refractivity contribution is -0.274. The van der Waals surface area contributed by atoms with Gasteiger partial charge in [-0.3, -0.25) is 4.68 Å². The maximum absolute atomic E-state index is 13.4. The molecule has 1 N–H and O–H groups in total. The second kappa shape index (κ2) is 9.62. The van der Waals surface area contributed by atoms with Crippen LogP contribution in [-0.4, -0.2) is 26.1 Å². The van der Waals surface area contributed by atoms with E-state index in [-0.39, 0.29) is 24.0 Å². The monoisotopic (exact) mass is 481 g/mol. The van der Waals surface area contributed by atoms with Gasteiger partial charge in [0.25, 0.3) is 0 Å². The van der Waals surface area contributed by atoms with Crippen molar-refractivity contribution in [3.05, 3.63) is 60.0 Å². The van der Waals surface area contributed by atoms with Crippen LogP contribution in [0.1, 0.15) is 19.0 Å². The van der Waals surface area contributed by atoms with Gasteiger partial charge in [-0.25, -0.2) is 14.4 Å². The van der Waals surface area contributed by atoms with Crippen molar-refractivity contribution < 1.29 is 22.3 Å². The summed E-state index contributed by atoms with van der Waals surface area (Å²) in [5.41, 5.74) is 3.23. The standard InChI is InChI=1S/C22H19F4N5O.ClH/c1-3-4-17-18-19(31(2)30-17)21(29-20(28-18)13-5-7-14(23)8-6-13)27-15-9-11-16(12-10-15)32-22(24,25)26;/h5-12H,3-4H2,1-2H3,(H,27,28,29);1H. The highest BCUT2D eigenvalue weighted by Gasteiger charge is 2.31. The molecule has 2 heterocycles. The van der Waals surface area contributed by atoms with E-state index in [1.807, 2.05) is 6.92 Å². The van der Waals surface area contributed by atoms with Crippen molar-refractivity contribution in [3.63, 3.8) is 0 Å². The van der Waals surface area contributed by atoms with Gasteiger partial charge in [-0.2, -0.15) is 5.10 Å². The number of fused-ring (bicyclic) bond motifs is 1. The first kappa shape index (κ1) is 24.2. The predicted molar refractivity (Wildman–Crippen MR) is 119 cm³/mol. The highest BCUT2D eigenvalue weighted by Crippen LogP contribution is 2.31. The fourth-order valence-corrected chi connectivity index (χ4v) is 3.34. The average Bonchev–Trinajstić information content (AvgIpc) is 3.05. The van der Waals surface area contributed by atoms with E-state index in [9.17, 15) is 17.6 Å². The van der Waals surface area contributed by atoms with Gasteiger partial charge in [0.2, 0.25) is 0 Å². The van der Waals surface area contributed by atoms with Crippen molar-refractivity contribution in [2.45, 2.75) is 26.1 Å². The zero-order valence-corrected chi connectivity index (χ0v) is 18.5. The molecule has 0 atom stereocenters. The summed E-state index contributed by atoms with van der Waals surface area (Å²) < 4.78 is 56.2. The Morgan fingerprint density at radius 1 is 1.00 bits per heavy atom. The molecule has 174 valence electrons. The van der Waals surface area contributed by atoms with Gasteiger partial charge in [0.15, 0.2) is 11.6 Å². The molecule has 0 unspecified atom stereocenters. The molecule has 0 aliphatic rings. The third kappa shape index (κ3) is 5.51. The van der Waals surface area contributed by atoms with Crippen molar-refractivity contribution in [1.82, 2.24) is 19.7 Å². The summed E-state index contributed by atoms with van der Waals surface area (Å²) in [7, 11) is 1.77. The van der Waals surface area contributed by atoms with Crippen molar-refractivity contribution in [2.75, 3.05) is 5.32 Å². The number of alkyl halides is 3. The van der Waals surface area contributed by atoms with Crippen LogP contribution in [0.15, 0.2) is 48.5 Å². The Labute approximate surface area is 193 Å².